The number of hydrogen-bond donors (Lipinski definition) is 1. The quantitative estimate of drug-likeness (QED) is 0.531. The van der Waals surface area contributed by atoms with Crippen molar-refractivity contribution in [2.45, 2.75) is 26.3 Å². The second-order valence-corrected chi connectivity index (χ2v) is 6.93. The van der Waals surface area contributed by atoms with Gasteiger partial charge in [-0.05, 0) is 30.7 Å². The fourth-order valence-corrected chi connectivity index (χ4v) is 3.50. The van der Waals surface area contributed by atoms with Gasteiger partial charge in [0, 0.05) is 16.8 Å². The summed E-state index contributed by atoms with van der Waals surface area (Å²) >= 11 is 5.71. The lowest BCUT2D eigenvalue weighted by Crippen LogP contribution is -2.13. The Labute approximate surface area is 178 Å². The summed E-state index contributed by atoms with van der Waals surface area (Å²) in [5, 5.41) is 12.1. The topological polar surface area (TPSA) is 83.7 Å². The molecule has 1 N–H and O–H groups in total. The van der Waals surface area contributed by atoms with Crippen LogP contribution in [-0.2, 0) is 6.54 Å². The van der Waals surface area contributed by atoms with E-state index >= 15 is 0 Å². The second-order valence-electron chi connectivity index (χ2n) is 6.55. The van der Waals surface area contributed by atoms with Crippen molar-refractivity contribution in [2.24, 2.45) is 0 Å². The van der Waals surface area contributed by atoms with E-state index in [-0.39, 0.29) is 17.9 Å². The highest BCUT2D eigenvalue weighted by Crippen LogP contribution is 2.36. The van der Waals surface area contributed by atoms with E-state index in [4.69, 9.17) is 16.3 Å². The lowest BCUT2D eigenvalue weighted by molar-refractivity contribution is 0.139. The fourth-order valence-electron chi connectivity index (χ4n) is 3.20. The van der Waals surface area contributed by atoms with Crippen LogP contribution in [-0.4, -0.2) is 21.9 Å². The molecule has 0 bridgehead atoms. The number of ether oxygens (including phenoxy) is 1. The summed E-state index contributed by atoms with van der Waals surface area (Å²) in [7, 11) is 1.35. The van der Waals surface area contributed by atoms with Gasteiger partial charge in [-0.2, -0.15) is 10.4 Å². The van der Waals surface area contributed by atoms with Crippen LogP contribution >= 0.6 is 11.6 Å². The van der Waals surface area contributed by atoms with E-state index in [0.717, 1.165) is 0 Å². The van der Waals surface area contributed by atoms with Crippen LogP contribution in [0, 0.1) is 18.3 Å². The number of benzene rings is 1. The van der Waals surface area contributed by atoms with Crippen molar-refractivity contribution in [3.63, 3.8) is 0 Å². The van der Waals surface area contributed by atoms with E-state index in [0.29, 0.717) is 27.1 Å². The van der Waals surface area contributed by atoms with Crippen LogP contribution in [0.4, 0.5) is 17.6 Å². The van der Waals surface area contributed by atoms with E-state index in [1.807, 2.05) is 6.07 Å². The van der Waals surface area contributed by atoms with E-state index in [2.05, 4.69) is 10.1 Å². The second kappa shape index (κ2) is 8.81. The predicted octanol–water partition coefficient (Wildman–Crippen LogP) is 5.00. The van der Waals surface area contributed by atoms with E-state index in [1.165, 1.54) is 19.2 Å². The number of alkyl halides is 4. The molecule has 2 aromatic heterocycles. The molecule has 162 valence electrons. The Morgan fingerprint density at radius 2 is 1.97 bits per heavy atom. The highest BCUT2D eigenvalue weighted by Gasteiger charge is 2.28. The first kappa shape index (κ1) is 22.4. The Morgan fingerprint density at radius 3 is 2.55 bits per heavy atom. The molecule has 0 atom stereocenters. The molecule has 0 aliphatic heterocycles. The smallest absolute Gasteiger partial charge is 0.283 e. The number of aryl methyl sites for hydroxylation is 1. The molecule has 0 aliphatic carbocycles. The van der Waals surface area contributed by atoms with Crippen molar-refractivity contribution < 1.29 is 22.3 Å². The molecule has 31 heavy (non-hydrogen) atoms. The number of hydrogen-bond acceptors (Lipinski definition) is 4. The van der Waals surface area contributed by atoms with Gasteiger partial charge >= 0.3 is 0 Å². The highest BCUT2D eigenvalue weighted by molar-refractivity contribution is 6.32. The summed E-state index contributed by atoms with van der Waals surface area (Å²) in [4.78, 5) is 14.6. The molecule has 11 heteroatoms. The van der Waals surface area contributed by atoms with Crippen LogP contribution in [0.1, 0.15) is 41.1 Å². The first-order valence-corrected chi connectivity index (χ1v) is 9.19. The largest absolute Gasteiger partial charge is 0.496 e. The number of nitrogens with zero attached hydrogens (tertiary/aromatic N) is 3. The van der Waals surface area contributed by atoms with Crippen molar-refractivity contribution in [3.8, 4) is 22.9 Å². The molecule has 0 fully saturated rings. The first-order valence-electron chi connectivity index (χ1n) is 8.81. The minimum Gasteiger partial charge on any atom is -0.496 e. The lowest BCUT2D eigenvalue weighted by atomic mass is 9.98. The van der Waals surface area contributed by atoms with Crippen LogP contribution in [0.25, 0.3) is 11.1 Å². The first-order chi connectivity index (χ1) is 14.7. The molecular weight excluding hydrogens is 440 g/mol. The Bertz CT molecular complexity index is 1230. The minimum atomic E-state index is -3.14. The maximum absolute atomic E-state index is 13.5. The normalized spacial score (nSPS) is 11.2. The van der Waals surface area contributed by atoms with E-state index in [1.54, 1.807) is 19.1 Å². The number of aromatic amines is 1. The number of nitriles is 1. The third kappa shape index (κ3) is 4.27. The van der Waals surface area contributed by atoms with Gasteiger partial charge in [0.2, 0.25) is 0 Å². The standard InChI is InChI=1S/C20H15ClF4N4O2/c1-9-5-12(13(7-26)20(30)27-9)10-3-4-14(31-2)11(6-10)8-29-17(19(24)25)15(21)16(28-29)18(22)23/h3-6,18-19H,8H2,1-2H3,(H,27,30). The molecule has 0 spiro atoms. The Morgan fingerprint density at radius 1 is 1.26 bits per heavy atom. The van der Waals surface area contributed by atoms with Gasteiger partial charge in [-0.25, -0.2) is 17.6 Å². The van der Waals surface area contributed by atoms with Gasteiger partial charge in [-0.3, -0.25) is 9.48 Å². The third-order valence-corrected chi connectivity index (χ3v) is 4.95. The summed E-state index contributed by atoms with van der Waals surface area (Å²) in [6.45, 7) is 1.29. The summed E-state index contributed by atoms with van der Waals surface area (Å²) in [6, 6.07) is 8.06. The molecule has 0 amide bonds. The summed E-state index contributed by atoms with van der Waals surface area (Å²) in [5.74, 6) is 0.272. The van der Waals surface area contributed by atoms with Crippen molar-refractivity contribution in [3.05, 3.63) is 67.9 Å². The van der Waals surface area contributed by atoms with Crippen molar-refractivity contribution >= 4 is 11.6 Å². The van der Waals surface area contributed by atoms with Gasteiger partial charge in [0.05, 0.1) is 18.7 Å². The van der Waals surface area contributed by atoms with Gasteiger partial charge in [0.1, 0.15) is 28.8 Å². The maximum Gasteiger partial charge on any atom is 0.283 e. The van der Waals surface area contributed by atoms with Crippen LogP contribution in [0.2, 0.25) is 5.02 Å². The fraction of sp³-hybridized carbons (Fsp3) is 0.250. The Balaban J connectivity index is 2.16. The predicted molar refractivity (Wildman–Crippen MR) is 105 cm³/mol. The van der Waals surface area contributed by atoms with Crippen LogP contribution in [0.15, 0.2) is 29.1 Å². The Hall–Kier alpha value is -3.32. The molecule has 0 radical (unpaired) electrons. The molecule has 0 aliphatic rings. The molecule has 0 unspecified atom stereocenters. The zero-order valence-electron chi connectivity index (χ0n) is 16.2. The summed E-state index contributed by atoms with van der Waals surface area (Å²) in [5.41, 5.74) is -0.896. The molecule has 2 heterocycles. The summed E-state index contributed by atoms with van der Waals surface area (Å²) in [6.07, 6.45) is -6.26. The zero-order chi connectivity index (χ0) is 22.9. The Kier molecular flexibility index (Phi) is 6.36. The van der Waals surface area contributed by atoms with Gasteiger partial charge < -0.3 is 9.72 Å². The molecule has 3 rings (SSSR count). The zero-order valence-corrected chi connectivity index (χ0v) is 17.0. The number of halogens is 5. The van der Waals surface area contributed by atoms with E-state index < -0.39 is 34.8 Å². The molecule has 3 aromatic rings. The monoisotopic (exact) mass is 454 g/mol. The van der Waals surface area contributed by atoms with Gasteiger partial charge in [-0.1, -0.05) is 17.7 Å². The molecule has 0 saturated carbocycles. The number of pyridine rings is 1. The maximum atomic E-state index is 13.5. The van der Waals surface area contributed by atoms with Crippen molar-refractivity contribution in [1.29, 1.82) is 5.26 Å². The van der Waals surface area contributed by atoms with E-state index in [9.17, 15) is 27.6 Å². The number of methoxy groups -OCH3 is 1. The van der Waals surface area contributed by atoms with Crippen LogP contribution < -0.4 is 10.3 Å². The molecule has 1 aromatic carbocycles. The molecular formula is C20H15ClF4N4O2. The number of rotatable bonds is 6. The van der Waals surface area contributed by atoms with Gasteiger partial charge in [-0.15, -0.1) is 0 Å². The SMILES string of the molecule is COc1ccc(-c2cc(C)[nH]c(=O)c2C#N)cc1Cn1nc(C(F)F)c(Cl)c1C(F)F. The highest BCUT2D eigenvalue weighted by atomic mass is 35.5. The van der Waals surface area contributed by atoms with Crippen LogP contribution in [0.5, 0.6) is 5.75 Å². The lowest BCUT2D eigenvalue weighted by Gasteiger charge is -2.14. The van der Waals surface area contributed by atoms with Gasteiger partial charge in [0.25, 0.3) is 18.4 Å². The third-order valence-electron chi connectivity index (χ3n) is 4.56. The summed E-state index contributed by atoms with van der Waals surface area (Å²) < 4.78 is 59.2. The number of nitrogens with one attached hydrogen (secondary N) is 1. The number of H-pyrrole nitrogens is 1. The number of aromatic nitrogens is 3. The van der Waals surface area contributed by atoms with Crippen molar-refractivity contribution in [1.82, 2.24) is 14.8 Å². The average Bonchev–Trinajstić information content (AvgIpc) is 3.03. The average molecular weight is 455 g/mol. The molecule has 6 nitrogen and oxygen atoms in total. The van der Waals surface area contributed by atoms with Crippen molar-refractivity contribution in [2.75, 3.05) is 7.11 Å². The van der Waals surface area contributed by atoms with Gasteiger partial charge in [0.15, 0.2) is 0 Å². The van der Waals surface area contributed by atoms with Crippen LogP contribution in [0.3, 0.4) is 0 Å². The minimum absolute atomic E-state index is 0.128. The molecule has 0 saturated heterocycles.